The van der Waals surface area contributed by atoms with E-state index in [0.717, 1.165) is 30.6 Å². The van der Waals surface area contributed by atoms with Crippen LogP contribution >= 0.6 is 0 Å². The third kappa shape index (κ3) is 5.68. The molecule has 182 valence electrons. The van der Waals surface area contributed by atoms with E-state index in [1.165, 1.54) is 0 Å². The van der Waals surface area contributed by atoms with Crippen LogP contribution in [0.3, 0.4) is 0 Å². The van der Waals surface area contributed by atoms with E-state index in [-0.39, 0.29) is 17.0 Å². The molecule has 0 fully saturated rings. The van der Waals surface area contributed by atoms with Crippen LogP contribution in [0.15, 0.2) is 36.4 Å². The quantitative estimate of drug-likeness (QED) is 0.414. The summed E-state index contributed by atoms with van der Waals surface area (Å²) in [6.07, 6.45) is 2.19. The standard InChI is InChI=1S/C26H35N5O3/c1-8-9-12-27-19-13-18(26(3,4)5)14-20(15-19)28-25(32)24-17(2)31(30-29-24)22-16-21(33-6)10-11-23(22)34-7/h10-11,13-16,27H,8-9,12H2,1-7H3,(H,28,32). The second kappa shape index (κ2) is 10.6. The predicted molar refractivity (Wildman–Crippen MR) is 136 cm³/mol. The van der Waals surface area contributed by atoms with Crippen molar-refractivity contribution >= 4 is 17.3 Å². The summed E-state index contributed by atoms with van der Waals surface area (Å²) in [5, 5.41) is 14.8. The maximum atomic E-state index is 13.2. The van der Waals surface area contributed by atoms with Crippen molar-refractivity contribution in [2.75, 3.05) is 31.4 Å². The van der Waals surface area contributed by atoms with Gasteiger partial charge in [-0.25, -0.2) is 4.68 Å². The van der Waals surface area contributed by atoms with Gasteiger partial charge in [0.05, 0.1) is 19.9 Å². The Hall–Kier alpha value is -3.55. The molecule has 0 bridgehead atoms. The zero-order valence-electron chi connectivity index (χ0n) is 21.2. The van der Waals surface area contributed by atoms with E-state index < -0.39 is 0 Å². The summed E-state index contributed by atoms with van der Waals surface area (Å²) < 4.78 is 12.4. The van der Waals surface area contributed by atoms with Crippen molar-refractivity contribution in [3.8, 4) is 17.2 Å². The number of carbonyl (C=O) groups excluding carboxylic acids is 1. The number of nitrogens with one attached hydrogen (secondary N) is 2. The summed E-state index contributed by atoms with van der Waals surface area (Å²) in [5.74, 6) is 0.927. The van der Waals surface area contributed by atoms with Gasteiger partial charge in [0.25, 0.3) is 5.91 Å². The van der Waals surface area contributed by atoms with Crippen molar-refractivity contribution in [1.29, 1.82) is 0 Å². The van der Waals surface area contributed by atoms with E-state index in [2.05, 4.69) is 54.7 Å². The van der Waals surface area contributed by atoms with Gasteiger partial charge in [0.15, 0.2) is 5.69 Å². The van der Waals surface area contributed by atoms with E-state index >= 15 is 0 Å². The van der Waals surface area contributed by atoms with Gasteiger partial charge in [-0.3, -0.25) is 4.79 Å². The van der Waals surface area contributed by atoms with Crippen molar-refractivity contribution < 1.29 is 14.3 Å². The highest BCUT2D eigenvalue weighted by molar-refractivity contribution is 6.03. The van der Waals surface area contributed by atoms with Crippen molar-refractivity contribution in [3.63, 3.8) is 0 Å². The third-order valence-corrected chi connectivity index (χ3v) is 5.64. The Bertz CT molecular complexity index is 1150. The van der Waals surface area contributed by atoms with Gasteiger partial charge < -0.3 is 20.1 Å². The lowest BCUT2D eigenvalue weighted by Crippen LogP contribution is -2.17. The Balaban J connectivity index is 1.91. The lowest BCUT2D eigenvalue weighted by molar-refractivity contribution is 0.102. The fraction of sp³-hybridized carbons (Fsp3) is 0.423. The summed E-state index contributed by atoms with van der Waals surface area (Å²) in [5.41, 5.74) is 4.24. The number of ether oxygens (including phenoxy) is 2. The van der Waals surface area contributed by atoms with Gasteiger partial charge in [0.2, 0.25) is 0 Å². The topological polar surface area (TPSA) is 90.3 Å². The fourth-order valence-corrected chi connectivity index (χ4v) is 3.56. The second-order valence-corrected chi connectivity index (χ2v) is 9.26. The molecule has 2 N–H and O–H groups in total. The molecule has 3 rings (SSSR count). The first-order valence-corrected chi connectivity index (χ1v) is 11.5. The summed E-state index contributed by atoms with van der Waals surface area (Å²) in [7, 11) is 3.18. The fourth-order valence-electron chi connectivity index (χ4n) is 3.56. The number of hydrogen-bond donors (Lipinski definition) is 2. The molecule has 8 nitrogen and oxygen atoms in total. The number of amides is 1. The molecule has 2 aromatic carbocycles. The lowest BCUT2D eigenvalue weighted by Gasteiger charge is -2.22. The van der Waals surface area contributed by atoms with Crippen LogP contribution in [0.2, 0.25) is 0 Å². The lowest BCUT2D eigenvalue weighted by atomic mass is 9.86. The van der Waals surface area contributed by atoms with Crippen LogP contribution in [0.4, 0.5) is 11.4 Å². The molecule has 0 atom stereocenters. The highest BCUT2D eigenvalue weighted by Gasteiger charge is 2.21. The average Bonchev–Trinajstić information content (AvgIpc) is 3.19. The molecule has 0 aliphatic heterocycles. The zero-order valence-corrected chi connectivity index (χ0v) is 21.2. The number of benzene rings is 2. The molecular weight excluding hydrogens is 430 g/mol. The number of carbonyl (C=O) groups is 1. The van der Waals surface area contributed by atoms with E-state index in [1.807, 2.05) is 12.1 Å². The van der Waals surface area contributed by atoms with E-state index in [9.17, 15) is 4.79 Å². The first-order chi connectivity index (χ1) is 16.2. The van der Waals surface area contributed by atoms with Crippen LogP contribution in [-0.2, 0) is 5.41 Å². The highest BCUT2D eigenvalue weighted by atomic mass is 16.5. The van der Waals surface area contributed by atoms with Gasteiger partial charge >= 0.3 is 0 Å². The smallest absolute Gasteiger partial charge is 0.278 e. The van der Waals surface area contributed by atoms with Gasteiger partial charge in [0, 0.05) is 24.0 Å². The maximum absolute atomic E-state index is 13.2. The van der Waals surface area contributed by atoms with Crippen LogP contribution in [0.25, 0.3) is 5.69 Å². The van der Waals surface area contributed by atoms with Crippen LogP contribution in [0.5, 0.6) is 11.5 Å². The van der Waals surface area contributed by atoms with Gasteiger partial charge in [-0.1, -0.05) is 39.3 Å². The molecule has 34 heavy (non-hydrogen) atoms. The Morgan fingerprint density at radius 1 is 1.06 bits per heavy atom. The SMILES string of the molecule is CCCCNc1cc(NC(=O)c2nnn(-c3cc(OC)ccc3OC)c2C)cc(C(C)(C)C)c1. The number of unbranched alkanes of at least 4 members (excludes halogenated alkanes) is 1. The molecule has 0 spiro atoms. The normalized spacial score (nSPS) is 11.3. The van der Waals surface area contributed by atoms with E-state index in [4.69, 9.17) is 9.47 Å². The maximum Gasteiger partial charge on any atom is 0.278 e. The zero-order chi connectivity index (χ0) is 24.9. The van der Waals surface area contributed by atoms with Gasteiger partial charge in [-0.05, 0) is 54.7 Å². The second-order valence-electron chi connectivity index (χ2n) is 9.26. The molecule has 1 heterocycles. The minimum absolute atomic E-state index is 0.0656. The molecule has 0 aliphatic carbocycles. The minimum atomic E-state index is -0.323. The molecular formula is C26H35N5O3. The number of hydrogen-bond acceptors (Lipinski definition) is 6. The third-order valence-electron chi connectivity index (χ3n) is 5.64. The first kappa shape index (κ1) is 25.1. The average molecular weight is 466 g/mol. The minimum Gasteiger partial charge on any atom is -0.497 e. The van der Waals surface area contributed by atoms with Crippen molar-refractivity contribution in [2.45, 2.75) is 52.9 Å². The van der Waals surface area contributed by atoms with Crippen molar-refractivity contribution in [3.05, 3.63) is 53.3 Å². The number of rotatable bonds is 9. The summed E-state index contributed by atoms with van der Waals surface area (Å²) >= 11 is 0. The summed E-state index contributed by atoms with van der Waals surface area (Å²) in [4.78, 5) is 13.2. The molecule has 8 heteroatoms. The van der Waals surface area contributed by atoms with Crippen molar-refractivity contribution in [1.82, 2.24) is 15.0 Å². The van der Waals surface area contributed by atoms with Crippen molar-refractivity contribution in [2.24, 2.45) is 0 Å². The van der Waals surface area contributed by atoms with Gasteiger partial charge in [-0.15, -0.1) is 5.10 Å². The number of nitrogens with zero attached hydrogens (tertiary/aromatic N) is 3. The summed E-state index contributed by atoms with van der Waals surface area (Å²) in [6.45, 7) is 11.3. The number of aromatic nitrogens is 3. The molecule has 0 radical (unpaired) electrons. The van der Waals surface area contributed by atoms with E-state index in [1.54, 1.807) is 44.0 Å². The Morgan fingerprint density at radius 3 is 2.44 bits per heavy atom. The molecule has 3 aromatic rings. The molecule has 1 aromatic heterocycles. The first-order valence-electron chi connectivity index (χ1n) is 11.5. The van der Waals surface area contributed by atoms with Crippen LogP contribution < -0.4 is 20.1 Å². The highest BCUT2D eigenvalue weighted by Crippen LogP contribution is 2.30. The Kier molecular flexibility index (Phi) is 7.81. The van der Waals surface area contributed by atoms with Crippen LogP contribution in [0.1, 0.15) is 62.3 Å². The van der Waals surface area contributed by atoms with Gasteiger partial charge in [-0.2, -0.15) is 0 Å². The summed E-state index contributed by atoms with van der Waals surface area (Å²) in [6, 6.07) is 11.5. The molecule has 0 saturated heterocycles. The van der Waals surface area contributed by atoms with Crippen LogP contribution in [0, 0.1) is 6.92 Å². The van der Waals surface area contributed by atoms with Gasteiger partial charge in [0.1, 0.15) is 17.2 Å². The predicted octanol–water partition coefficient (Wildman–Crippen LogP) is 5.35. The molecule has 0 saturated carbocycles. The van der Waals surface area contributed by atoms with E-state index in [0.29, 0.717) is 28.6 Å². The Morgan fingerprint density at radius 2 is 1.79 bits per heavy atom. The number of methoxy groups -OCH3 is 2. The monoisotopic (exact) mass is 465 g/mol. The molecule has 1 amide bonds. The molecule has 0 aliphatic rings. The number of anilines is 2. The largest absolute Gasteiger partial charge is 0.497 e. The molecule has 0 unspecified atom stereocenters. The Labute approximate surface area is 201 Å². The van der Waals surface area contributed by atoms with Crippen LogP contribution in [-0.4, -0.2) is 41.7 Å².